The van der Waals surface area contributed by atoms with Crippen molar-refractivity contribution in [2.24, 2.45) is 11.8 Å². The summed E-state index contributed by atoms with van der Waals surface area (Å²) in [7, 11) is 0. The van der Waals surface area contributed by atoms with Gasteiger partial charge in [-0.25, -0.2) is 0 Å². The van der Waals surface area contributed by atoms with Crippen molar-refractivity contribution in [3.05, 3.63) is 54.1 Å². The number of alkyl halides is 3. The average molecular weight is 458 g/mol. The van der Waals surface area contributed by atoms with Crippen LogP contribution in [0.2, 0.25) is 0 Å². The maximum absolute atomic E-state index is 12.8. The highest BCUT2D eigenvalue weighted by Crippen LogP contribution is 2.36. The van der Waals surface area contributed by atoms with Gasteiger partial charge in [0.15, 0.2) is 0 Å². The predicted octanol–water partition coefficient (Wildman–Crippen LogP) is 3.56. The van der Waals surface area contributed by atoms with E-state index in [2.05, 4.69) is 0 Å². The fraction of sp³-hybridized carbons (Fsp3) is 0.522. The Morgan fingerprint density at radius 1 is 1.22 bits per heavy atom. The molecule has 0 saturated heterocycles. The molecular weight excluding hydrogens is 429 g/mol. The molecule has 6 nitrogen and oxygen atoms in total. The SMILES string of the molecule is O=C(O)CCC/C=C\C[C@@H]1[C@@H](/C=C/[C@@H](O)COc2cccc(C(F)(F)F)c2)[C@H](O)C[C@H]1O. The normalized spacial score (nSPS) is 24.9. The first-order chi connectivity index (χ1) is 15.1. The van der Waals surface area contributed by atoms with Gasteiger partial charge in [0.25, 0.3) is 0 Å². The fourth-order valence-corrected chi connectivity index (χ4v) is 3.70. The lowest BCUT2D eigenvalue weighted by molar-refractivity contribution is -0.138. The highest BCUT2D eigenvalue weighted by Gasteiger charge is 2.39. The van der Waals surface area contributed by atoms with Crippen LogP contribution < -0.4 is 4.74 Å². The van der Waals surface area contributed by atoms with Crippen LogP contribution in [0.1, 0.15) is 37.7 Å². The molecule has 1 fully saturated rings. The summed E-state index contributed by atoms with van der Waals surface area (Å²) in [6.45, 7) is -0.267. The average Bonchev–Trinajstić information content (AvgIpc) is 2.99. The van der Waals surface area contributed by atoms with E-state index in [0.29, 0.717) is 19.3 Å². The van der Waals surface area contributed by atoms with Crippen molar-refractivity contribution in [1.29, 1.82) is 0 Å². The number of hydrogen-bond acceptors (Lipinski definition) is 5. The third-order valence-corrected chi connectivity index (χ3v) is 5.39. The van der Waals surface area contributed by atoms with Crippen molar-refractivity contribution in [3.63, 3.8) is 0 Å². The molecule has 1 saturated carbocycles. The number of carboxylic acid groups (broad SMARTS) is 1. The van der Waals surface area contributed by atoms with Crippen molar-refractivity contribution in [1.82, 2.24) is 0 Å². The molecule has 0 spiro atoms. The molecule has 1 aromatic carbocycles. The molecule has 5 atom stereocenters. The molecule has 1 aliphatic carbocycles. The molecule has 9 heteroatoms. The number of aliphatic hydroxyl groups excluding tert-OH is 3. The summed E-state index contributed by atoms with van der Waals surface area (Å²) >= 11 is 0. The number of halogens is 3. The van der Waals surface area contributed by atoms with Crippen molar-refractivity contribution < 1.29 is 43.1 Å². The summed E-state index contributed by atoms with van der Waals surface area (Å²) in [6.07, 6.45) is 1.48. The minimum atomic E-state index is -4.49. The quantitative estimate of drug-likeness (QED) is 0.298. The van der Waals surface area contributed by atoms with Crippen LogP contribution in [-0.4, -0.2) is 51.3 Å². The number of allylic oxidation sites excluding steroid dienone is 2. The maximum atomic E-state index is 12.8. The van der Waals surface area contributed by atoms with Gasteiger partial charge in [-0.1, -0.05) is 30.4 Å². The number of aliphatic carboxylic acids is 1. The predicted molar refractivity (Wildman–Crippen MR) is 111 cm³/mol. The van der Waals surface area contributed by atoms with Gasteiger partial charge in [-0.15, -0.1) is 0 Å². The van der Waals surface area contributed by atoms with Gasteiger partial charge in [0, 0.05) is 18.8 Å². The molecule has 0 aromatic heterocycles. The van der Waals surface area contributed by atoms with E-state index in [0.717, 1.165) is 12.1 Å². The van der Waals surface area contributed by atoms with Crippen LogP contribution in [0, 0.1) is 11.8 Å². The Morgan fingerprint density at radius 3 is 2.66 bits per heavy atom. The van der Waals surface area contributed by atoms with Gasteiger partial charge in [0.1, 0.15) is 18.5 Å². The van der Waals surface area contributed by atoms with E-state index in [4.69, 9.17) is 9.84 Å². The molecule has 0 heterocycles. The summed E-state index contributed by atoms with van der Waals surface area (Å²) in [6, 6.07) is 4.36. The van der Waals surface area contributed by atoms with Gasteiger partial charge < -0.3 is 25.2 Å². The molecule has 0 amide bonds. The lowest BCUT2D eigenvalue weighted by Gasteiger charge is -2.19. The second-order valence-electron chi connectivity index (χ2n) is 7.89. The maximum Gasteiger partial charge on any atom is 0.416 e. The van der Waals surface area contributed by atoms with E-state index < -0.39 is 41.9 Å². The number of unbranched alkanes of at least 4 members (excludes halogenated alkanes) is 1. The highest BCUT2D eigenvalue weighted by molar-refractivity contribution is 5.66. The number of aliphatic hydroxyl groups is 3. The topological polar surface area (TPSA) is 107 Å². The molecule has 0 radical (unpaired) electrons. The van der Waals surface area contributed by atoms with E-state index in [-0.39, 0.29) is 31.1 Å². The third-order valence-electron chi connectivity index (χ3n) is 5.39. The number of hydrogen-bond donors (Lipinski definition) is 4. The summed E-state index contributed by atoms with van der Waals surface area (Å²) in [5, 5.41) is 39.2. The second kappa shape index (κ2) is 12.0. The molecule has 0 bridgehead atoms. The molecule has 178 valence electrons. The van der Waals surface area contributed by atoms with Crippen LogP contribution in [0.15, 0.2) is 48.6 Å². The Labute approximate surface area is 184 Å². The molecule has 1 aromatic rings. The molecule has 4 N–H and O–H groups in total. The van der Waals surface area contributed by atoms with Crippen LogP contribution in [0.4, 0.5) is 13.2 Å². The first-order valence-corrected chi connectivity index (χ1v) is 10.5. The molecule has 32 heavy (non-hydrogen) atoms. The number of benzene rings is 1. The Morgan fingerprint density at radius 2 is 1.97 bits per heavy atom. The van der Waals surface area contributed by atoms with Gasteiger partial charge in [-0.2, -0.15) is 13.2 Å². The lowest BCUT2D eigenvalue weighted by Crippen LogP contribution is -2.21. The van der Waals surface area contributed by atoms with Crippen LogP contribution in [0.3, 0.4) is 0 Å². The number of carboxylic acids is 1. The zero-order chi connectivity index (χ0) is 23.7. The summed E-state index contributed by atoms with van der Waals surface area (Å²) in [4.78, 5) is 10.5. The lowest BCUT2D eigenvalue weighted by atomic mass is 9.89. The van der Waals surface area contributed by atoms with Gasteiger partial charge in [0.2, 0.25) is 0 Å². The van der Waals surface area contributed by atoms with E-state index in [1.165, 1.54) is 18.2 Å². The molecule has 2 rings (SSSR count). The number of carbonyl (C=O) groups is 1. The number of rotatable bonds is 11. The monoisotopic (exact) mass is 458 g/mol. The molecular formula is C23H29F3O6. The van der Waals surface area contributed by atoms with Crippen molar-refractivity contribution in [3.8, 4) is 5.75 Å². The van der Waals surface area contributed by atoms with Crippen molar-refractivity contribution >= 4 is 5.97 Å². The van der Waals surface area contributed by atoms with Crippen molar-refractivity contribution in [2.45, 2.75) is 56.6 Å². The van der Waals surface area contributed by atoms with Crippen LogP contribution >= 0.6 is 0 Å². The minimum absolute atomic E-state index is 0.0190. The van der Waals surface area contributed by atoms with E-state index in [9.17, 15) is 33.3 Å². The molecule has 0 unspecified atom stereocenters. The van der Waals surface area contributed by atoms with Crippen LogP contribution in [-0.2, 0) is 11.0 Å². The Kier molecular flexibility index (Phi) is 9.74. The van der Waals surface area contributed by atoms with E-state index >= 15 is 0 Å². The van der Waals surface area contributed by atoms with Gasteiger partial charge in [-0.05, 0) is 43.4 Å². The van der Waals surface area contributed by atoms with E-state index in [1.807, 2.05) is 12.2 Å². The highest BCUT2D eigenvalue weighted by atomic mass is 19.4. The standard InChI is InChI=1S/C23H29F3O6/c24-23(25,26)15-6-5-7-17(12-15)32-14-16(27)10-11-19-18(20(28)13-21(19)29)8-3-1-2-4-9-22(30)31/h1,3,5-7,10-12,16,18-21,27-29H,2,4,8-9,13-14H2,(H,30,31)/b3-1-,11-10+/t16-,18-,19-,20-,21-/m1/s1. The Hall–Kier alpha value is -2.36. The third kappa shape index (κ3) is 8.29. The van der Waals surface area contributed by atoms with Crippen molar-refractivity contribution in [2.75, 3.05) is 6.61 Å². The Balaban J connectivity index is 1.87. The van der Waals surface area contributed by atoms with Gasteiger partial charge in [0.05, 0.1) is 17.8 Å². The second-order valence-corrected chi connectivity index (χ2v) is 7.89. The van der Waals surface area contributed by atoms with E-state index in [1.54, 1.807) is 6.08 Å². The minimum Gasteiger partial charge on any atom is -0.491 e. The zero-order valence-electron chi connectivity index (χ0n) is 17.5. The largest absolute Gasteiger partial charge is 0.491 e. The first-order valence-electron chi connectivity index (χ1n) is 10.5. The van der Waals surface area contributed by atoms with Crippen LogP contribution in [0.5, 0.6) is 5.75 Å². The van der Waals surface area contributed by atoms with Crippen LogP contribution in [0.25, 0.3) is 0 Å². The summed E-state index contributed by atoms with van der Waals surface area (Å²) in [5.41, 5.74) is -0.845. The molecule has 1 aliphatic rings. The summed E-state index contributed by atoms with van der Waals surface area (Å²) in [5.74, 6) is -1.55. The molecule has 0 aliphatic heterocycles. The number of ether oxygens (including phenoxy) is 1. The Bertz CT molecular complexity index is 792. The fourth-order valence-electron chi connectivity index (χ4n) is 3.70. The summed E-state index contributed by atoms with van der Waals surface area (Å²) < 4.78 is 43.5. The smallest absolute Gasteiger partial charge is 0.416 e. The van der Waals surface area contributed by atoms with Gasteiger partial charge >= 0.3 is 12.1 Å². The van der Waals surface area contributed by atoms with Gasteiger partial charge in [-0.3, -0.25) is 4.79 Å². The zero-order valence-corrected chi connectivity index (χ0v) is 17.5. The first kappa shape index (κ1) is 25.9.